The van der Waals surface area contributed by atoms with Gasteiger partial charge in [0.15, 0.2) is 0 Å². The highest BCUT2D eigenvalue weighted by Gasteiger charge is 2.25. The number of pyridine rings is 1. The van der Waals surface area contributed by atoms with Gasteiger partial charge in [0.1, 0.15) is 5.75 Å². The Morgan fingerprint density at radius 2 is 1.75 bits per heavy atom. The van der Waals surface area contributed by atoms with Gasteiger partial charge in [0.05, 0.1) is 11.5 Å². The molecule has 1 aliphatic heterocycles. The van der Waals surface area contributed by atoms with Crippen LogP contribution in [0.1, 0.15) is 25.3 Å². The van der Waals surface area contributed by atoms with E-state index in [9.17, 15) is 8.42 Å². The van der Waals surface area contributed by atoms with Crippen molar-refractivity contribution in [3.8, 4) is 16.9 Å². The predicted octanol–water partition coefficient (Wildman–Crippen LogP) is 4.09. The highest BCUT2D eigenvalue weighted by atomic mass is 32.2. The molecule has 1 aliphatic rings. The lowest BCUT2D eigenvalue weighted by atomic mass is 10.0. The van der Waals surface area contributed by atoms with Crippen molar-refractivity contribution in [1.82, 2.24) is 14.6 Å². The molecule has 3 aromatic rings. The van der Waals surface area contributed by atoms with Crippen LogP contribution >= 0.6 is 0 Å². The molecule has 0 bridgehead atoms. The molecule has 0 radical (unpaired) electrons. The summed E-state index contributed by atoms with van der Waals surface area (Å²) < 4.78 is 35.0. The minimum Gasteiger partial charge on any atom is -0.493 e. The molecule has 6 nitrogen and oxygen atoms in total. The molecule has 0 saturated carbocycles. The van der Waals surface area contributed by atoms with Gasteiger partial charge in [-0.05, 0) is 61.2 Å². The first-order chi connectivity index (χ1) is 15.5. The minimum atomic E-state index is -3.63. The summed E-state index contributed by atoms with van der Waals surface area (Å²) in [5.41, 5.74) is 2.93. The lowest BCUT2D eigenvalue weighted by Crippen LogP contribution is -2.44. The molecular weight excluding hydrogens is 422 g/mol. The summed E-state index contributed by atoms with van der Waals surface area (Å²) in [7, 11) is -3.63. The molecule has 1 fully saturated rings. The maximum Gasteiger partial charge on any atom is 0.240 e. The van der Waals surface area contributed by atoms with Crippen LogP contribution in [0.25, 0.3) is 11.1 Å². The zero-order valence-corrected chi connectivity index (χ0v) is 19.1. The third-order valence-electron chi connectivity index (χ3n) is 5.71. The van der Waals surface area contributed by atoms with Crippen molar-refractivity contribution in [1.29, 1.82) is 0 Å². The van der Waals surface area contributed by atoms with Gasteiger partial charge in [-0.15, -0.1) is 0 Å². The number of hydrogen-bond acceptors (Lipinski definition) is 5. The van der Waals surface area contributed by atoms with Gasteiger partial charge in [-0.1, -0.05) is 30.3 Å². The van der Waals surface area contributed by atoms with Gasteiger partial charge in [-0.25, -0.2) is 13.1 Å². The number of benzene rings is 2. The number of hydrogen-bond donors (Lipinski definition) is 1. The summed E-state index contributed by atoms with van der Waals surface area (Å²) in [6.07, 6.45) is 5.17. The zero-order valence-electron chi connectivity index (χ0n) is 18.3. The Morgan fingerprint density at radius 3 is 2.44 bits per heavy atom. The third kappa shape index (κ3) is 5.54. The van der Waals surface area contributed by atoms with Gasteiger partial charge < -0.3 is 4.74 Å². The fourth-order valence-electron chi connectivity index (χ4n) is 4.04. The van der Waals surface area contributed by atoms with Gasteiger partial charge in [0, 0.05) is 43.6 Å². The Bertz CT molecular complexity index is 1110. The largest absolute Gasteiger partial charge is 0.493 e. The first-order valence-corrected chi connectivity index (χ1v) is 12.5. The molecule has 1 saturated heterocycles. The Morgan fingerprint density at radius 1 is 1.03 bits per heavy atom. The van der Waals surface area contributed by atoms with Crippen molar-refractivity contribution < 1.29 is 13.2 Å². The van der Waals surface area contributed by atoms with E-state index in [1.807, 2.05) is 49.4 Å². The zero-order chi connectivity index (χ0) is 22.4. The predicted molar refractivity (Wildman–Crippen MR) is 126 cm³/mol. The second kappa shape index (κ2) is 10.3. The molecule has 7 heteroatoms. The van der Waals surface area contributed by atoms with Gasteiger partial charge >= 0.3 is 0 Å². The number of rotatable bonds is 8. The van der Waals surface area contributed by atoms with E-state index in [-0.39, 0.29) is 10.9 Å². The molecule has 1 N–H and O–H groups in total. The summed E-state index contributed by atoms with van der Waals surface area (Å²) in [4.78, 5) is 6.67. The fraction of sp³-hybridized carbons (Fsp3) is 0.320. The molecule has 0 spiro atoms. The van der Waals surface area contributed by atoms with Gasteiger partial charge in [0.25, 0.3) is 0 Å². The van der Waals surface area contributed by atoms with E-state index < -0.39 is 10.0 Å². The van der Waals surface area contributed by atoms with Crippen molar-refractivity contribution in [3.05, 3.63) is 78.6 Å². The van der Waals surface area contributed by atoms with Gasteiger partial charge in [-0.3, -0.25) is 9.88 Å². The van der Waals surface area contributed by atoms with Crippen LogP contribution in [0, 0.1) is 0 Å². The van der Waals surface area contributed by atoms with Crippen LogP contribution < -0.4 is 9.46 Å². The lowest BCUT2D eigenvalue weighted by Gasteiger charge is -2.32. The first-order valence-electron chi connectivity index (χ1n) is 11.0. The Kier molecular flexibility index (Phi) is 7.19. The van der Waals surface area contributed by atoms with Crippen LogP contribution in [0.4, 0.5) is 0 Å². The normalized spacial score (nSPS) is 15.5. The summed E-state index contributed by atoms with van der Waals surface area (Å²) in [6.45, 7) is 5.01. The topological polar surface area (TPSA) is 71.5 Å². The maximum absolute atomic E-state index is 13.2. The third-order valence-corrected chi connectivity index (χ3v) is 7.23. The minimum absolute atomic E-state index is 0.0690. The van der Waals surface area contributed by atoms with Crippen LogP contribution in [0.15, 0.2) is 78.0 Å². The SMILES string of the molecule is CCOc1ccc(S(=O)(=O)NC2CCN(Cc3ccncc3)CC2)cc1-c1ccccc1. The van der Waals surface area contributed by atoms with Crippen LogP contribution in [0.3, 0.4) is 0 Å². The average Bonchev–Trinajstić information content (AvgIpc) is 2.82. The van der Waals surface area contributed by atoms with E-state index in [0.717, 1.165) is 43.6 Å². The van der Waals surface area contributed by atoms with E-state index in [4.69, 9.17) is 4.74 Å². The molecule has 168 valence electrons. The standard InChI is InChI=1S/C25H29N3O3S/c1-2-31-25-9-8-23(18-24(25)21-6-4-3-5-7-21)32(29,30)27-22-12-16-28(17-13-22)19-20-10-14-26-15-11-20/h3-11,14-15,18,22,27H,2,12-13,16-17,19H2,1H3. The number of ether oxygens (including phenoxy) is 1. The molecule has 2 heterocycles. The molecular formula is C25H29N3O3S. The molecule has 32 heavy (non-hydrogen) atoms. The van der Waals surface area contributed by atoms with Crippen LogP contribution in [-0.4, -0.2) is 44.0 Å². The Hall–Kier alpha value is -2.74. The number of likely N-dealkylation sites (tertiary alicyclic amines) is 1. The van der Waals surface area contributed by atoms with Crippen LogP contribution in [0.5, 0.6) is 5.75 Å². The molecule has 0 aliphatic carbocycles. The van der Waals surface area contributed by atoms with Crippen LogP contribution in [0.2, 0.25) is 0 Å². The van der Waals surface area contributed by atoms with Crippen molar-refractivity contribution >= 4 is 10.0 Å². The van der Waals surface area contributed by atoms with Crippen molar-refractivity contribution in [2.75, 3.05) is 19.7 Å². The quantitative estimate of drug-likeness (QED) is 0.559. The average molecular weight is 452 g/mol. The smallest absolute Gasteiger partial charge is 0.240 e. The number of sulfonamides is 1. The fourth-order valence-corrected chi connectivity index (χ4v) is 5.37. The lowest BCUT2D eigenvalue weighted by molar-refractivity contribution is 0.200. The second-order valence-corrected chi connectivity index (χ2v) is 9.70. The Labute approximate surface area is 190 Å². The summed E-state index contributed by atoms with van der Waals surface area (Å²) >= 11 is 0. The molecule has 2 aromatic carbocycles. The number of nitrogens with zero attached hydrogens (tertiary/aromatic N) is 2. The van der Waals surface area contributed by atoms with Crippen LogP contribution in [-0.2, 0) is 16.6 Å². The molecule has 0 atom stereocenters. The Balaban J connectivity index is 1.45. The molecule has 0 amide bonds. The van der Waals surface area contributed by atoms with Gasteiger partial charge in [-0.2, -0.15) is 0 Å². The second-order valence-electron chi connectivity index (χ2n) is 7.98. The number of aromatic nitrogens is 1. The molecule has 1 aromatic heterocycles. The highest BCUT2D eigenvalue weighted by molar-refractivity contribution is 7.89. The number of nitrogens with one attached hydrogen (secondary N) is 1. The van der Waals surface area contributed by atoms with E-state index in [0.29, 0.717) is 12.4 Å². The molecule has 4 rings (SSSR count). The van der Waals surface area contributed by atoms with E-state index in [2.05, 4.69) is 14.6 Å². The van der Waals surface area contributed by atoms with Gasteiger partial charge in [0.2, 0.25) is 10.0 Å². The van der Waals surface area contributed by atoms with Crippen molar-refractivity contribution in [2.24, 2.45) is 0 Å². The highest BCUT2D eigenvalue weighted by Crippen LogP contribution is 2.32. The van der Waals surface area contributed by atoms with Crippen molar-refractivity contribution in [3.63, 3.8) is 0 Å². The van der Waals surface area contributed by atoms with Crippen molar-refractivity contribution in [2.45, 2.75) is 37.2 Å². The maximum atomic E-state index is 13.2. The monoisotopic (exact) mass is 451 g/mol. The van der Waals surface area contributed by atoms with E-state index in [1.54, 1.807) is 30.6 Å². The first kappa shape index (κ1) is 22.5. The summed E-state index contributed by atoms with van der Waals surface area (Å²) in [5.74, 6) is 0.682. The van der Waals surface area contributed by atoms with E-state index in [1.165, 1.54) is 5.56 Å². The molecule has 0 unspecified atom stereocenters. The summed E-state index contributed by atoms with van der Waals surface area (Å²) in [6, 6.07) is 18.8. The van der Waals surface area contributed by atoms with E-state index >= 15 is 0 Å². The summed E-state index contributed by atoms with van der Waals surface area (Å²) in [5, 5.41) is 0. The number of piperidine rings is 1.